The first-order valence-corrected chi connectivity index (χ1v) is 6.19. The number of aromatic carboxylic acids is 1. The maximum absolute atomic E-state index is 11.9. The lowest BCUT2D eigenvalue weighted by Crippen LogP contribution is -2.55. The zero-order valence-corrected chi connectivity index (χ0v) is 11.2. The van der Waals surface area contributed by atoms with Crippen molar-refractivity contribution < 1.29 is 24.0 Å². The number of carbonyl (C=O) groups is 3. The van der Waals surface area contributed by atoms with E-state index in [0.29, 0.717) is 13.1 Å². The minimum Gasteiger partial charge on any atom is -0.476 e. The molecule has 1 N–H and O–H groups in total. The Morgan fingerprint density at radius 1 is 1.40 bits per heavy atom. The Hall–Kier alpha value is -2.38. The Kier molecular flexibility index (Phi) is 3.73. The van der Waals surface area contributed by atoms with Gasteiger partial charge in [-0.25, -0.2) is 4.79 Å². The van der Waals surface area contributed by atoms with E-state index in [9.17, 15) is 14.4 Å². The number of carbonyl (C=O) groups excluding carboxylic acids is 2. The van der Waals surface area contributed by atoms with Crippen molar-refractivity contribution >= 4 is 17.8 Å². The molecule has 1 fully saturated rings. The first kappa shape index (κ1) is 14.0. The molecular formula is C12H15N3O5. The Morgan fingerprint density at radius 2 is 2.10 bits per heavy atom. The first-order valence-electron chi connectivity index (χ1n) is 6.19. The molecule has 1 aromatic heterocycles. The molecule has 20 heavy (non-hydrogen) atoms. The monoisotopic (exact) mass is 281 g/mol. The number of amides is 2. The lowest BCUT2D eigenvalue weighted by Gasteiger charge is -2.35. The molecule has 0 bridgehead atoms. The Bertz CT molecular complexity index is 551. The fraction of sp³-hybridized carbons (Fsp3) is 0.500. The quantitative estimate of drug-likeness (QED) is 0.776. The lowest BCUT2D eigenvalue weighted by atomic mass is 10.2. The second-order valence-electron chi connectivity index (χ2n) is 4.80. The van der Waals surface area contributed by atoms with Crippen LogP contribution in [0.2, 0.25) is 0 Å². The third kappa shape index (κ3) is 2.63. The highest BCUT2D eigenvalue weighted by atomic mass is 16.5. The molecule has 8 heteroatoms. The smallest absolute Gasteiger partial charge is 0.358 e. The van der Waals surface area contributed by atoms with Crippen LogP contribution in [0.1, 0.15) is 30.1 Å². The third-order valence-electron chi connectivity index (χ3n) is 3.09. The van der Waals surface area contributed by atoms with Crippen molar-refractivity contribution in [2.24, 2.45) is 0 Å². The zero-order chi connectivity index (χ0) is 14.9. The topological polar surface area (TPSA) is 104 Å². The summed E-state index contributed by atoms with van der Waals surface area (Å²) in [6.45, 7) is 4.55. The molecule has 8 nitrogen and oxygen atoms in total. The molecule has 108 valence electrons. The molecule has 2 heterocycles. The van der Waals surface area contributed by atoms with Crippen LogP contribution >= 0.6 is 0 Å². The Balaban J connectivity index is 2.05. The van der Waals surface area contributed by atoms with Crippen molar-refractivity contribution in [2.45, 2.75) is 26.4 Å². The van der Waals surface area contributed by atoms with E-state index in [1.54, 1.807) is 0 Å². The highest BCUT2D eigenvalue weighted by molar-refractivity contribution is 6.35. The van der Waals surface area contributed by atoms with Gasteiger partial charge in [0.2, 0.25) is 0 Å². The molecule has 0 spiro atoms. The van der Waals surface area contributed by atoms with Gasteiger partial charge in [0.25, 0.3) is 0 Å². The van der Waals surface area contributed by atoms with Crippen LogP contribution in [0.4, 0.5) is 0 Å². The maximum atomic E-state index is 11.9. The molecule has 0 saturated carbocycles. The first-order chi connectivity index (χ1) is 9.40. The number of aromatic nitrogens is 1. The van der Waals surface area contributed by atoms with Crippen LogP contribution in [-0.2, 0) is 16.1 Å². The molecule has 0 radical (unpaired) electrons. The summed E-state index contributed by atoms with van der Waals surface area (Å²) in [5, 5.41) is 12.1. The molecule has 2 amide bonds. The largest absolute Gasteiger partial charge is 0.476 e. The van der Waals surface area contributed by atoms with Gasteiger partial charge in [0.05, 0.1) is 6.54 Å². The molecule has 0 atom stereocenters. The van der Waals surface area contributed by atoms with Gasteiger partial charge in [0.1, 0.15) is 0 Å². The van der Waals surface area contributed by atoms with E-state index in [-0.39, 0.29) is 24.0 Å². The summed E-state index contributed by atoms with van der Waals surface area (Å²) >= 11 is 0. The summed E-state index contributed by atoms with van der Waals surface area (Å²) in [4.78, 5) is 37.3. The van der Waals surface area contributed by atoms with E-state index in [0.717, 1.165) is 0 Å². The van der Waals surface area contributed by atoms with Crippen LogP contribution in [0.3, 0.4) is 0 Å². The van der Waals surface area contributed by atoms with Crippen LogP contribution in [-0.4, -0.2) is 57.0 Å². The van der Waals surface area contributed by atoms with Crippen molar-refractivity contribution in [1.82, 2.24) is 15.0 Å². The second-order valence-corrected chi connectivity index (χ2v) is 4.80. The summed E-state index contributed by atoms with van der Waals surface area (Å²) in [5.74, 6) is -2.13. The van der Waals surface area contributed by atoms with Gasteiger partial charge in [-0.15, -0.1) is 0 Å². The van der Waals surface area contributed by atoms with Gasteiger partial charge in [0, 0.05) is 25.2 Å². The van der Waals surface area contributed by atoms with Crippen molar-refractivity contribution in [2.75, 3.05) is 13.1 Å². The van der Waals surface area contributed by atoms with Crippen LogP contribution in [0.15, 0.2) is 10.6 Å². The van der Waals surface area contributed by atoms with Crippen molar-refractivity contribution in [1.29, 1.82) is 0 Å². The average Bonchev–Trinajstić information content (AvgIpc) is 2.83. The second kappa shape index (κ2) is 5.32. The number of nitrogens with zero attached hydrogens (tertiary/aromatic N) is 3. The van der Waals surface area contributed by atoms with Gasteiger partial charge in [-0.2, -0.15) is 0 Å². The predicted molar refractivity (Wildman–Crippen MR) is 65.7 cm³/mol. The third-order valence-corrected chi connectivity index (χ3v) is 3.09. The summed E-state index contributed by atoms with van der Waals surface area (Å²) in [7, 11) is 0. The van der Waals surface area contributed by atoms with Crippen LogP contribution in [0.25, 0.3) is 0 Å². The number of carboxylic acid groups (broad SMARTS) is 1. The summed E-state index contributed by atoms with van der Waals surface area (Å²) < 4.78 is 4.84. The van der Waals surface area contributed by atoms with E-state index in [1.807, 2.05) is 13.8 Å². The Labute approximate surface area is 114 Å². The molecule has 0 unspecified atom stereocenters. The molecule has 1 aliphatic rings. The summed E-state index contributed by atoms with van der Waals surface area (Å²) in [6.07, 6.45) is 0. The van der Waals surface area contributed by atoms with Gasteiger partial charge < -0.3 is 19.4 Å². The lowest BCUT2D eigenvalue weighted by molar-refractivity contribution is -0.157. The molecule has 1 aliphatic heterocycles. The van der Waals surface area contributed by atoms with Gasteiger partial charge in [0.15, 0.2) is 11.5 Å². The fourth-order valence-corrected chi connectivity index (χ4v) is 2.01. The number of rotatable bonds is 4. The number of piperazine rings is 1. The minimum atomic E-state index is -1.20. The SMILES string of the molecule is CC(C)N1CCN(Cc2cc(C(=O)O)no2)C(=O)C1=O. The van der Waals surface area contributed by atoms with E-state index in [2.05, 4.69) is 5.16 Å². The van der Waals surface area contributed by atoms with Gasteiger partial charge >= 0.3 is 17.8 Å². The normalized spacial score (nSPS) is 16.1. The van der Waals surface area contributed by atoms with E-state index in [4.69, 9.17) is 9.63 Å². The summed E-state index contributed by atoms with van der Waals surface area (Å²) in [6, 6.07) is 1.21. The molecule has 1 saturated heterocycles. The van der Waals surface area contributed by atoms with E-state index < -0.39 is 17.8 Å². The average molecular weight is 281 g/mol. The number of hydrogen-bond donors (Lipinski definition) is 1. The van der Waals surface area contributed by atoms with Gasteiger partial charge in [-0.3, -0.25) is 9.59 Å². The Morgan fingerprint density at radius 3 is 2.65 bits per heavy atom. The number of hydrogen-bond acceptors (Lipinski definition) is 5. The van der Waals surface area contributed by atoms with E-state index >= 15 is 0 Å². The zero-order valence-electron chi connectivity index (χ0n) is 11.2. The van der Waals surface area contributed by atoms with Gasteiger partial charge in [-0.1, -0.05) is 5.16 Å². The van der Waals surface area contributed by atoms with Crippen molar-refractivity contribution in [3.63, 3.8) is 0 Å². The molecule has 0 aromatic carbocycles. The van der Waals surface area contributed by atoms with Gasteiger partial charge in [-0.05, 0) is 13.8 Å². The minimum absolute atomic E-state index is 0.0301. The summed E-state index contributed by atoms with van der Waals surface area (Å²) in [5.41, 5.74) is -0.223. The van der Waals surface area contributed by atoms with E-state index in [1.165, 1.54) is 15.9 Å². The molecular weight excluding hydrogens is 266 g/mol. The predicted octanol–water partition coefficient (Wildman–Crippen LogP) is -0.0480. The highest BCUT2D eigenvalue weighted by Crippen LogP contribution is 2.13. The molecule has 2 rings (SSSR count). The van der Waals surface area contributed by atoms with Crippen LogP contribution in [0.5, 0.6) is 0 Å². The maximum Gasteiger partial charge on any atom is 0.358 e. The van der Waals surface area contributed by atoms with Crippen LogP contribution < -0.4 is 0 Å². The highest BCUT2D eigenvalue weighted by Gasteiger charge is 2.34. The standard InChI is InChI=1S/C12H15N3O5/c1-7(2)15-4-3-14(10(16)11(15)17)6-8-5-9(12(18)19)13-20-8/h5,7H,3-4,6H2,1-2H3,(H,18,19). The number of carboxylic acids is 1. The van der Waals surface area contributed by atoms with Crippen LogP contribution in [0, 0.1) is 0 Å². The molecule has 0 aliphatic carbocycles. The van der Waals surface area contributed by atoms with Crippen molar-refractivity contribution in [3.8, 4) is 0 Å². The molecule has 1 aromatic rings. The van der Waals surface area contributed by atoms with Crippen molar-refractivity contribution in [3.05, 3.63) is 17.5 Å². The fourth-order valence-electron chi connectivity index (χ4n) is 2.01.